The second-order valence-electron chi connectivity index (χ2n) is 4.77. The van der Waals surface area contributed by atoms with Gasteiger partial charge < -0.3 is 14.8 Å². The maximum absolute atomic E-state index is 12.3. The maximum atomic E-state index is 12.3. The second kappa shape index (κ2) is 7.91. The number of nitrogens with one attached hydrogen (secondary N) is 1. The molecule has 0 saturated carbocycles. The first-order valence-electron chi connectivity index (χ1n) is 7.12. The van der Waals surface area contributed by atoms with E-state index >= 15 is 0 Å². The van der Waals surface area contributed by atoms with E-state index in [0.29, 0.717) is 29.5 Å². The molecule has 0 saturated heterocycles. The lowest BCUT2D eigenvalue weighted by molar-refractivity contribution is 0.102. The monoisotopic (exact) mass is 320 g/mol. The van der Waals surface area contributed by atoms with Crippen molar-refractivity contribution in [2.75, 3.05) is 25.6 Å². The number of benzene rings is 1. The Balaban J connectivity index is 2.12. The average molecular weight is 320 g/mol. The fourth-order valence-corrected chi connectivity index (χ4v) is 2.60. The fraction of sp³-hybridized carbons (Fsp3) is 0.375. The molecule has 1 N–H and O–H groups in total. The normalized spacial score (nSPS) is 10.5. The molecule has 0 fully saturated rings. The van der Waals surface area contributed by atoms with E-state index in [4.69, 9.17) is 9.47 Å². The third-order valence-corrected chi connectivity index (χ3v) is 4.15. The van der Waals surface area contributed by atoms with Gasteiger partial charge in [0.25, 0.3) is 5.91 Å². The van der Waals surface area contributed by atoms with Gasteiger partial charge in [0, 0.05) is 7.11 Å². The summed E-state index contributed by atoms with van der Waals surface area (Å²) in [5.41, 5.74) is 1.72. The van der Waals surface area contributed by atoms with Gasteiger partial charge in [-0.2, -0.15) is 0 Å². The van der Waals surface area contributed by atoms with Gasteiger partial charge in [-0.3, -0.25) is 4.79 Å². The van der Waals surface area contributed by atoms with E-state index in [1.807, 2.05) is 32.0 Å². The summed E-state index contributed by atoms with van der Waals surface area (Å²) >= 11 is 1.41. The lowest BCUT2D eigenvalue weighted by Crippen LogP contribution is -2.12. The van der Waals surface area contributed by atoms with E-state index in [1.165, 1.54) is 11.3 Å². The van der Waals surface area contributed by atoms with Crippen LogP contribution in [0, 0.1) is 6.92 Å². The number of nitrogens with zero attached hydrogens (tertiary/aromatic N) is 1. The zero-order valence-electron chi connectivity index (χ0n) is 13.0. The largest absolute Gasteiger partial charge is 0.489 e. The number of methoxy groups -OCH3 is 1. The summed E-state index contributed by atoms with van der Waals surface area (Å²) in [7, 11) is 1.62. The first-order chi connectivity index (χ1) is 10.6. The molecule has 2 rings (SSSR count). The Morgan fingerprint density at radius 2 is 2.18 bits per heavy atom. The van der Waals surface area contributed by atoms with Gasteiger partial charge >= 0.3 is 0 Å². The highest BCUT2D eigenvalue weighted by molar-refractivity contribution is 7.13. The van der Waals surface area contributed by atoms with Gasteiger partial charge in [-0.25, -0.2) is 4.98 Å². The number of anilines is 1. The predicted octanol–water partition coefficient (Wildman–Crippen LogP) is 3.29. The first-order valence-corrected chi connectivity index (χ1v) is 7.94. The fourth-order valence-electron chi connectivity index (χ4n) is 1.85. The number of ether oxygens (including phenoxy) is 2. The summed E-state index contributed by atoms with van der Waals surface area (Å²) in [6.45, 7) is 4.92. The lowest BCUT2D eigenvalue weighted by atomic mass is 10.2. The van der Waals surface area contributed by atoms with Crippen molar-refractivity contribution in [1.29, 1.82) is 0 Å². The van der Waals surface area contributed by atoms with Gasteiger partial charge in [-0.15, -0.1) is 11.3 Å². The molecule has 0 spiro atoms. The zero-order valence-corrected chi connectivity index (χ0v) is 13.8. The molecule has 5 nitrogen and oxygen atoms in total. The smallest absolute Gasteiger partial charge is 0.267 e. The number of aromatic nitrogens is 1. The molecule has 0 atom stereocenters. The highest BCUT2D eigenvalue weighted by Crippen LogP contribution is 2.27. The Kier molecular flexibility index (Phi) is 5.91. The summed E-state index contributed by atoms with van der Waals surface area (Å²) in [5, 5.41) is 3.83. The molecule has 0 radical (unpaired) electrons. The molecule has 0 aliphatic carbocycles. The number of aryl methyl sites for hydroxylation is 2. The quantitative estimate of drug-likeness (QED) is 0.795. The first kappa shape index (κ1) is 16.5. The second-order valence-corrected chi connectivity index (χ2v) is 5.88. The van der Waals surface area contributed by atoms with Gasteiger partial charge in [0.05, 0.1) is 23.5 Å². The summed E-state index contributed by atoms with van der Waals surface area (Å²) in [6.07, 6.45) is 2.44. The Hall–Kier alpha value is -1.92. The number of hydrogen-bond acceptors (Lipinski definition) is 5. The summed E-state index contributed by atoms with van der Waals surface area (Å²) in [5.74, 6) is 0.475. The molecular formula is C16H20N2O3S. The van der Waals surface area contributed by atoms with Gasteiger partial charge in [0.15, 0.2) is 0 Å². The lowest BCUT2D eigenvalue weighted by Gasteiger charge is -2.12. The molecule has 0 aliphatic rings. The third-order valence-electron chi connectivity index (χ3n) is 3.01. The molecule has 0 aliphatic heterocycles. The Labute approximate surface area is 134 Å². The van der Waals surface area contributed by atoms with Crippen LogP contribution in [0.25, 0.3) is 0 Å². The van der Waals surface area contributed by atoms with Crippen LogP contribution in [0.1, 0.15) is 27.2 Å². The highest BCUT2D eigenvalue weighted by Gasteiger charge is 2.13. The minimum atomic E-state index is -0.169. The van der Waals surface area contributed by atoms with Gasteiger partial charge in [0.2, 0.25) is 0 Å². The summed E-state index contributed by atoms with van der Waals surface area (Å²) < 4.78 is 10.6. The van der Waals surface area contributed by atoms with E-state index in [-0.39, 0.29) is 5.91 Å². The molecule has 1 aromatic carbocycles. The number of thiazole rings is 1. The van der Waals surface area contributed by atoms with Crippen molar-refractivity contribution < 1.29 is 14.3 Å². The van der Waals surface area contributed by atoms with Crippen molar-refractivity contribution in [2.45, 2.75) is 20.3 Å². The molecule has 0 unspecified atom stereocenters. The van der Waals surface area contributed by atoms with Gasteiger partial charge in [0.1, 0.15) is 17.2 Å². The number of amides is 1. The van der Waals surface area contributed by atoms with Crippen LogP contribution in [0.15, 0.2) is 24.4 Å². The van der Waals surface area contributed by atoms with Gasteiger partial charge in [-0.05, 0) is 31.0 Å². The third kappa shape index (κ3) is 4.29. The molecule has 22 heavy (non-hydrogen) atoms. The number of carbonyl (C=O) groups excluding carboxylic acids is 1. The van der Waals surface area contributed by atoms with Crippen LogP contribution < -0.4 is 10.1 Å². The molecular weight excluding hydrogens is 300 g/mol. The van der Waals surface area contributed by atoms with Crippen LogP contribution in [0.2, 0.25) is 0 Å². The maximum Gasteiger partial charge on any atom is 0.267 e. The molecule has 118 valence electrons. The standard InChI is InChI=1S/C16H20N2O3S/c1-4-15-17-10-14(22-15)16(19)18-12-6-5-11(2)9-13(12)21-8-7-20-3/h5-6,9-10H,4,7-8H2,1-3H3,(H,18,19). The molecule has 2 aromatic rings. The Morgan fingerprint density at radius 1 is 1.36 bits per heavy atom. The van der Waals surface area contributed by atoms with Crippen LogP contribution in [0.3, 0.4) is 0 Å². The number of carbonyl (C=O) groups is 1. The minimum absolute atomic E-state index is 0.169. The van der Waals surface area contributed by atoms with E-state index < -0.39 is 0 Å². The van der Waals surface area contributed by atoms with E-state index in [2.05, 4.69) is 10.3 Å². The minimum Gasteiger partial charge on any atom is -0.489 e. The summed E-state index contributed by atoms with van der Waals surface area (Å²) in [4.78, 5) is 17.1. The number of rotatable bonds is 7. The van der Waals surface area contributed by atoms with Crippen molar-refractivity contribution in [3.05, 3.63) is 39.8 Å². The topological polar surface area (TPSA) is 60.5 Å². The SMILES string of the molecule is CCc1ncc(C(=O)Nc2ccc(C)cc2OCCOC)s1. The average Bonchev–Trinajstić information content (AvgIpc) is 2.99. The highest BCUT2D eigenvalue weighted by atomic mass is 32.1. The van der Waals surface area contributed by atoms with Crippen molar-refractivity contribution in [3.8, 4) is 5.75 Å². The van der Waals surface area contributed by atoms with Crippen molar-refractivity contribution in [3.63, 3.8) is 0 Å². The van der Waals surface area contributed by atoms with E-state index in [9.17, 15) is 4.79 Å². The van der Waals surface area contributed by atoms with Crippen LogP contribution in [-0.4, -0.2) is 31.2 Å². The molecule has 1 heterocycles. The molecule has 1 amide bonds. The molecule has 1 aromatic heterocycles. The van der Waals surface area contributed by atoms with Crippen molar-refractivity contribution in [1.82, 2.24) is 4.98 Å². The Bertz CT molecular complexity index is 640. The van der Waals surface area contributed by atoms with Crippen LogP contribution in [0.4, 0.5) is 5.69 Å². The van der Waals surface area contributed by atoms with Crippen molar-refractivity contribution in [2.24, 2.45) is 0 Å². The Morgan fingerprint density at radius 3 is 2.86 bits per heavy atom. The zero-order chi connectivity index (χ0) is 15.9. The number of hydrogen-bond donors (Lipinski definition) is 1. The molecule has 0 bridgehead atoms. The van der Waals surface area contributed by atoms with E-state index in [1.54, 1.807) is 13.3 Å². The predicted molar refractivity (Wildman–Crippen MR) is 88.0 cm³/mol. The van der Waals surface area contributed by atoms with Crippen molar-refractivity contribution >= 4 is 22.9 Å². The van der Waals surface area contributed by atoms with Crippen LogP contribution in [-0.2, 0) is 11.2 Å². The van der Waals surface area contributed by atoms with E-state index in [0.717, 1.165) is 17.0 Å². The van der Waals surface area contributed by atoms with Crippen LogP contribution in [0.5, 0.6) is 5.75 Å². The van der Waals surface area contributed by atoms with Crippen LogP contribution >= 0.6 is 11.3 Å². The molecule has 6 heteroatoms. The summed E-state index contributed by atoms with van der Waals surface area (Å²) in [6, 6.07) is 5.68. The van der Waals surface area contributed by atoms with Gasteiger partial charge in [-0.1, -0.05) is 13.0 Å².